The van der Waals surface area contributed by atoms with Crippen molar-refractivity contribution in [2.75, 3.05) is 20.2 Å². The molecule has 1 aromatic heterocycles. The molecule has 1 saturated heterocycles. The highest BCUT2D eigenvalue weighted by molar-refractivity contribution is 5.97. The van der Waals surface area contributed by atoms with E-state index in [1.165, 1.54) is 0 Å². The molecule has 1 fully saturated rings. The number of amides is 1. The summed E-state index contributed by atoms with van der Waals surface area (Å²) in [7, 11) is 1.58. The van der Waals surface area contributed by atoms with Crippen LogP contribution in [0.4, 0.5) is 0 Å². The van der Waals surface area contributed by atoms with E-state index in [1.807, 2.05) is 29.2 Å². The maximum atomic E-state index is 13.3. The number of carbonyl (C=O) groups excluding carboxylic acids is 1. The van der Waals surface area contributed by atoms with Gasteiger partial charge in [0.05, 0.1) is 18.4 Å². The van der Waals surface area contributed by atoms with Crippen molar-refractivity contribution in [1.82, 2.24) is 14.9 Å². The molecule has 0 radical (unpaired) electrons. The number of fused-ring (bicyclic) bond motifs is 2. The van der Waals surface area contributed by atoms with E-state index in [0.717, 1.165) is 42.8 Å². The van der Waals surface area contributed by atoms with Gasteiger partial charge in [0.2, 0.25) is 0 Å². The summed E-state index contributed by atoms with van der Waals surface area (Å²) in [6.07, 6.45) is 3.44. The van der Waals surface area contributed by atoms with Crippen molar-refractivity contribution in [1.29, 1.82) is 0 Å². The Balaban J connectivity index is 1.70. The molecule has 1 amide bonds. The van der Waals surface area contributed by atoms with Gasteiger partial charge in [0.1, 0.15) is 11.6 Å². The number of piperidine rings is 1. The minimum Gasteiger partial charge on any atom is -0.496 e. The molecule has 6 nitrogen and oxygen atoms in total. The summed E-state index contributed by atoms with van der Waals surface area (Å²) in [4.78, 5) is 35.9. The topological polar surface area (TPSA) is 75.3 Å². The second kappa shape index (κ2) is 7.01. The minimum absolute atomic E-state index is 0.0177. The number of hydrogen-bond donors (Lipinski definition) is 1. The monoisotopic (exact) mass is 395 g/mol. The lowest BCUT2D eigenvalue weighted by Crippen LogP contribution is -2.48. The number of hydrogen-bond acceptors (Lipinski definition) is 4. The average molecular weight is 396 g/mol. The van der Waals surface area contributed by atoms with Gasteiger partial charge in [0, 0.05) is 29.5 Å². The molecular weight excluding hydrogens is 366 g/mol. The normalized spacial score (nSPS) is 21.3. The Morgan fingerprint density at radius 1 is 1.24 bits per heavy atom. The molecule has 2 aliphatic rings. The first-order chi connectivity index (χ1) is 13.7. The van der Waals surface area contributed by atoms with Crippen LogP contribution in [0.3, 0.4) is 0 Å². The first-order valence-corrected chi connectivity index (χ1v) is 10.3. The minimum atomic E-state index is -0.237. The molecule has 1 atom stereocenters. The van der Waals surface area contributed by atoms with Crippen LogP contribution in [-0.2, 0) is 17.3 Å². The number of methoxy groups -OCH3 is 1. The van der Waals surface area contributed by atoms with Crippen molar-refractivity contribution in [3.8, 4) is 5.75 Å². The molecule has 4 rings (SSSR count). The standard InChI is InChI=1S/C23H29N3O3/c1-22(2,3)21-24-18-16(19(27)25-21)10-12-23(18)11-7-13-26(14-23)20(28)15-8-5-6-9-17(15)29-4/h5-6,8-9H,7,10-14H2,1-4H3,(H,24,25,27). The van der Waals surface area contributed by atoms with Gasteiger partial charge in [-0.3, -0.25) is 9.59 Å². The van der Waals surface area contributed by atoms with Gasteiger partial charge in [0.15, 0.2) is 0 Å². The van der Waals surface area contributed by atoms with E-state index in [1.54, 1.807) is 7.11 Å². The van der Waals surface area contributed by atoms with E-state index in [9.17, 15) is 9.59 Å². The Morgan fingerprint density at radius 2 is 2.00 bits per heavy atom. The van der Waals surface area contributed by atoms with Crippen LogP contribution in [0.1, 0.15) is 67.5 Å². The van der Waals surface area contributed by atoms with E-state index < -0.39 is 0 Å². The number of nitrogens with one attached hydrogen (secondary N) is 1. The van der Waals surface area contributed by atoms with Crippen LogP contribution in [-0.4, -0.2) is 41.0 Å². The predicted molar refractivity (Wildman–Crippen MR) is 112 cm³/mol. The number of aromatic amines is 1. The van der Waals surface area contributed by atoms with Gasteiger partial charge in [-0.05, 0) is 37.8 Å². The zero-order valence-corrected chi connectivity index (χ0v) is 17.7. The predicted octanol–water partition coefficient (Wildman–Crippen LogP) is 3.20. The van der Waals surface area contributed by atoms with Crippen molar-refractivity contribution >= 4 is 5.91 Å². The van der Waals surface area contributed by atoms with E-state index in [-0.39, 0.29) is 22.3 Å². The highest BCUT2D eigenvalue weighted by atomic mass is 16.5. The van der Waals surface area contributed by atoms with Crippen molar-refractivity contribution < 1.29 is 9.53 Å². The summed E-state index contributed by atoms with van der Waals surface area (Å²) in [5.74, 6) is 1.29. The Morgan fingerprint density at radius 3 is 2.72 bits per heavy atom. The molecule has 0 saturated carbocycles. The molecule has 0 bridgehead atoms. The summed E-state index contributed by atoms with van der Waals surface area (Å²) in [6, 6.07) is 7.35. The fraction of sp³-hybridized carbons (Fsp3) is 0.522. The fourth-order valence-corrected chi connectivity index (χ4v) is 4.70. The summed E-state index contributed by atoms with van der Waals surface area (Å²) >= 11 is 0. The first kappa shape index (κ1) is 19.7. The van der Waals surface area contributed by atoms with Crippen LogP contribution in [0, 0.1) is 0 Å². The molecule has 1 spiro atoms. The third-order valence-electron chi connectivity index (χ3n) is 6.28. The number of ether oxygens (including phenoxy) is 1. The maximum Gasteiger partial charge on any atom is 0.257 e. The van der Waals surface area contributed by atoms with Crippen molar-refractivity contribution in [3.05, 3.63) is 57.3 Å². The first-order valence-electron chi connectivity index (χ1n) is 10.3. The molecule has 29 heavy (non-hydrogen) atoms. The van der Waals surface area contributed by atoms with Crippen molar-refractivity contribution in [2.45, 2.75) is 57.3 Å². The molecule has 2 aromatic rings. The van der Waals surface area contributed by atoms with Crippen LogP contribution in [0.25, 0.3) is 0 Å². The van der Waals surface area contributed by atoms with Gasteiger partial charge in [0.25, 0.3) is 11.5 Å². The molecular formula is C23H29N3O3. The molecule has 6 heteroatoms. The highest BCUT2D eigenvalue weighted by Gasteiger charge is 2.46. The van der Waals surface area contributed by atoms with Gasteiger partial charge in [-0.15, -0.1) is 0 Å². The van der Waals surface area contributed by atoms with Crippen molar-refractivity contribution in [3.63, 3.8) is 0 Å². The summed E-state index contributed by atoms with van der Waals surface area (Å²) in [5.41, 5.74) is 1.79. The van der Waals surface area contributed by atoms with E-state index in [0.29, 0.717) is 24.4 Å². The van der Waals surface area contributed by atoms with Crippen LogP contribution < -0.4 is 10.3 Å². The summed E-state index contributed by atoms with van der Waals surface area (Å²) < 4.78 is 5.39. The number of aromatic nitrogens is 2. The smallest absolute Gasteiger partial charge is 0.257 e. The van der Waals surface area contributed by atoms with Gasteiger partial charge >= 0.3 is 0 Å². The second-order valence-corrected chi connectivity index (χ2v) is 9.30. The summed E-state index contributed by atoms with van der Waals surface area (Å²) in [6.45, 7) is 7.47. The van der Waals surface area contributed by atoms with Gasteiger partial charge < -0.3 is 14.6 Å². The quantitative estimate of drug-likeness (QED) is 0.847. The SMILES string of the molecule is COc1ccccc1C(=O)N1CCCC2(CCc3c2nc(C(C)(C)C)[nH]c3=O)C1. The third kappa shape index (κ3) is 3.34. The number of benzene rings is 1. The van der Waals surface area contributed by atoms with E-state index in [2.05, 4.69) is 25.8 Å². The molecule has 1 aliphatic heterocycles. The highest BCUT2D eigenvalue weighted by Crippen LogP contribution is 2.43. The lowest BCUT2D eigenvalue weighted by atomic mass is 9.77. The van der Waals surface area contributed by atoms with Gasteiger partial charge in [-0.1, -0.05) is 32.9 Å². The molecule has 1 N–H and O–H groups in total. The van der Waals surface area contributed by atoms with Gasteiger partial charge in [-0.25, -0.2) is 4.98 Å². The third-order valence-corrected chi connectivity index (χ3v) is 6.28. The number of rotatable bonds is 2. The van der Waals surface area contributed by atoms with Gasteiger partial charge in [-0.2, -0.15) is 0 Å². The zero-order chi connectivity index (χ0) is 20.8. The Bertz CT molecular complexity index is 1010. The van der Waals surface area contributed by atoms with Crippen LogP contribution in [0.2, 0.25) is 0 Å². The number of para-hydroxylation sites is 1. The molecule has 154 valence electrons. The Kier molecular flexibility index (Phi) is 4.75. The lowest BCUT2D eigenvalue weighted by molar-refractivity contribution is 0.0629. The maximum absolute atomic E-state index is 13.3. The zero-order valence-electron chi connectivity index (χ0n) is 17.7. The molecule has 1 unspecified atom stereocenters. The number of carbonyl (C=O) groups is 1. The number of nitrogens with zero attached hydrogens (tertiary/aromatic N) is 2. The number of H-pyrrole nitrogens is 1. The molecule has 1 aliphatic carbocycles. The Labute approximate surface area is 171 Å². The Hall–Kier alpha value is -2.63. The number of likely N-dealkylation sites (tertiary alicyclic amines) is 1. The largest absolute Gasteiger partial charge is 0.496 e. The second-order valence-electron chi connectivity index (χ2n) is 9.30. The molecule has 1 aromatic carbocycles. The van der Waals surface area contributed by atoms with Crippen LogP contribution >= 0.6 is 0 Å². The summed E-state index contributed by atoms with van der Waals surface area (Å²) in [5, 5.41) is 0. The van der Waals surface area contributed by atoms with Crippen LogP contribution in [0.15, 0.2) is 29.1 Å². The van der Waals surface area contributed by atoms with Crippen LogP contribution in [0.5, 0.6) is 5.75 Å². The fourth-order valence-electron chi connectivity index (χ4n) is 4.70. The molecule has 2 heterocycles. The average Bonchev–Trinajstić information content (AvgIpc) is 3.05. The van der Waals surface area contributed by atoms with Crippen molar-refractivity contribution in [2.24, 2.45) is 0 Å². The van der Waals surface area contributed by atoms with E-state index >= 15 is 0 Å². The van der Waals surface area contributed by atoms with E-state index in [4.69, 9.17) is 9.72 Å². The lowest BCUT2D eigenvalue weighted by Gasteiger charge is -2.41.